The van der Waals surface area contributed by atoms with Crippen LogP contribution in [0.3, 0.4) is 0 Å². The number of aromatic nitrogens is 2. The first kappa shape index (κ1) is 15.8. The van der Waals surface area contributed by atoms with Crippen molar-refractivity contribution in [2.45, 2.75) is 12.8 Å². The van der Waals surface area contributed by atoms with Gasteiger partial charge in [0.25, 0.3) is 11.8 Å². The molecule has 3 N–H and O–H groups in total. The van der Waals surface area contributed by atoms with E-state index in [1.165, 1.54) is 0 Å². The lowest BCUT2D eigenvalue weighted by Crippen LogP contribution is -2.31. The molecule has 0 atom stereocenters. The highest BCUT2D eigenvalue weighted by Crippen LogP contribution is 2.28. The molecule has 0 radical (unpaired) electrons. The van der Waals surface area contributed by atoms with E-state index in [4.69, 9.17) is 0 Å². The van der Waals surface area contributed by atoms with E-state index in [0.29, 0.717) is 13.1 Å². The third-order valence-corrected chi connectivity index (χ3v) is 5.20. The normalized spacial score (nSPS) is 15.6. The first-order valence-corrected chi connectivity index (χ1v) is 9.07. The van der Waals surface area contributed by atoms with Gasteiger partial charge in [0.2, 0.25) is 0 Å². The lowest BCUT2D eigenvalue weighted by molar-refractivity contribution is 0.0937. The molecular formula is C21H18N4O2. The van der Waals surface area contributed by atoms with Gasteiger partial charge in [0.1, 0.15) is 0 Å². The number of carbonyl (C=O) groups excluding carboxylic acids is 2. The highest BCUT2D eigenvalue weighted by atomic mass is 16.2. The number of H-pyrrole nitrogens is 1. The van der Waals surface area contributed by atoms with E-state index in [0.717, 1.165) is 57.7 Å². The van der Waals surface area contributed by atoms with Crippen molar-refractivity contribution in [2.24, 2.45) is 0 Å². The highest BCUT2D eigenvalue weighted by molar-refractivity contribution is 5.98. The lowest BCUT2D eigenvalue weighted by Gasteiger charge is -2.17. The molecule has 2 aliphatic heterocycles. The van der Waals surface area contributed by atoms with E-state index < -0.39 is 0 Å². The molecule has 27 heavy (non-hydrogen) atoms. The first-order valence-electron chi connectivity index (χ1n) is 9.07. The van der Waals surface area contributed by atoms with Crippen molar-refractivity contribution in [1.29, 1.82) is 0 Å². The maximum Gasteiger partial charge on any atom is 0.253 e. The fourth-order valence-electron chi connectivity index (χ4n) is 3.79. The maximum atomic E-state index is 12.0. The molecule has 2 aliphatic rings. The van der Waals surface area contributed by atoms with Crippen LogP contribution in [0, 0.1) is 0 Å². The zero-order chi connectivity index (χ0) is 18.4. The monoisotopic (exact) mass is 358 g/mol. The van der Waals surface area contributed by atoms with Crippen molar-refractivity contribution in [3.8, 4) is 22.5 Å². The van der Waals surface area contributed by atoms with E-state index in [-0.39, 0.29) is 11.8 Å². The molecule has 0 fully saturated rings. The van der Waals surface area contributed by atoms with Gasteiger partial charge in [-0.15, -0.1) is 0 Å². The Balaban J connectivity index is 1.53. The van der Waals surface area contributed by atoms with Crippen LogP contribution in [0.25, 0.3) is 22.5 Å². The van der Waals surface area contributed by atoms with Crippen molar-refractivity contribution in [2.75, 3.05) is 13.1 Å². The summed E-state index contributed by atoms with van der Waals surface area (Å²) in [7, 11) is 0. The van der Waals surface area contributed by atoms with Crippen LogP contribution in [0.2, 0.25) is 0 Å². The molecule has 4 heterocycles. The quantitative estimate of drug-likeness (QED) is 0.657. The maximum absolute atomic E-state index is 12.0. The minimum atomic E-state index is -0.0269. The predicted octanol–water partition coefficient (Wildman–Crippen LogP) is 2.32. The molecule has 6 nitrogen and oxygen atoms in total. The highest BCUT2D eigenvalue weighted by Gasteiger charge is 2.20. The van der Waals surface area contributed by atoms with Crippen LogP contribution in [-0.4, -0.2) is 34.9 Å². The second kappa shape index (κ2) is 6.09. The fraction of sp³-hybridized carbons (Fsp3) is 0.190. The van der Waals surface area contributed by atoms with E-state index >= 15 is 0 Å². The van der Waals surface area contributed by atoms with E-state index in [1.54, 1.807) is 6.20 Å². The molecule has 2 amide bonds. The Morgan fingerprint density at radius 1 is 0.815 bits per heavy atom. The van der Waals surface area contributed by atoms with Gasteiger partial charge < -0.3 is 15.6 Å². The summed E-state index contributed by atoms with van der Waals surface area (Å²) in [5, 5.41) is 5.73. The van der Waals surface area contributed by atoms with Gasteiger partial charge >= 0.3 is 0 Å². The van der Waals surface area contributed by atoms with Gasteiger partial charge in [-0.25, -0.2) is 0 Å². The van der Waals surface area contributed by atoms with Gasteiger partial charge in [0.05, 0.1) is 11.3 Å². The molecular weight excluding hydrogens is 340 g/mol. The number of rotatable bonds is 2. The molecule has 134 valence electrons. The molecule has 0 bridgehead atoms. The lowest BCUT2D eigenvalue weighted by atomic mass is 9.96. The average molecular weight is 358 g/mol. The summed E-state index contributed by atoms with van der Waals surface area (Å²) >= 11 is 0. The van der Waals surface area contributed by atoms with E-state index in [9.17, 15) is 9.59 Å². The smallest absolute Gasteiger partial charge is 0.253 e. The topological polar surface area (TPSA) is 86.9 Å². The number of benzene rings is 1. The van der Waals surface area contributed by atoms with Crippen molar-refractivity contribution in [1.82, 2.24) is 20.6 Å². The standard InChI is InChI=1S/C21H18N4O2/c26-20-15-2-1-13(9-12(15)3-7-23-20)18-10-14(4-6-22-18)19-11-16-17(25-19)5-8-24-21(16)27/h1-2,4,6,9-11,25H,3,5,7-8H2,(H,23,26)(H,24,27). The summed E-state index contributed by atoms with van der Waals surface area (Å²) in [6.07, 6.45) is 3.41. The summed E-state index contributed by atoms with van der Waals surface area (Å²) in [5.74, 6) is -0.0410. The van der Waals surface area contributed by atoms with Crippen molar-refractivity contribution >= 4 is 11.8 Å². The second-order valence-corrected chi connectivity index (χ2v) is 6.89. The Labute approximate surface area is 156 Å². The Morgan fingerprint density at radius 2 is 1.63 bits per heavy atom. The van der Waals surface area contributed by atoms with Crippen LogP contribution >= 0.6 is 0 Å². The van der Waals surface area contributed by atoms with Crippen LogP contribution < -0.4 is 10.6 Å². The molecule has 5 rings (SSSR count). The minimum absolute atomic E-state index is 0.0141. The Bertz CT molecular complexity index is 1080. The summed E-state index contributed by atoms with van der Waals surface area (Å²) in [5.41, 5.74) is 7.22. The van der Waals surface area contributed by atoms with Crippen LogP contribution in [0.5, 0.6) is 0 Å². The Hall–Kier alpha value is -3.41. The number of hydrogen-bond donors (Lipinski definition) is 3. The van der Waals surface area contributed by atoms with Crippen LogP contribution in [0.1, 0.15) is 32.0 Å². The van der Waals surface area contributed by atoms with Crippen molar-refractivity contribution in [3.63, 3.8) is 0 Å². The van der Waals surface area contributed by atoms with Gasteiger partial charge in [-0.05, 0) is 42.3 Å². The third kappa shape index (κ3) is 2.70. The van der Waals surface area contributed by atoms with Crippen LogP contribution in [0.15, 0.2) is 42.6 Å². The molecule has 0 unspecified atom stereocenters. The molecule has 0 saturated carbocycles. The number of pyridine rings is 1. The van der Waals surface area contributed by atoms with E-state index in [1.807, 2.05) is 36.4 Å². The number of hydrogen-bond acceptors (Lipinski definition) is 3. The molecule has 2 aromatic heterocycles. The van der Waals surface area contributed by atoms with Gasteiger partial charge in [-0.3, -0.25) is 14.6 Å². The molecule has 1 aromatic carbocycles. The molecule has 6 heteroatoms. The summed E-state index contributed by atoms with van der Waals surface area (Å²) in [6.45, 7) is 1.33. The third-order valence-electron chi connectivity index (χ3n) is 5.20. The number of nitrogens with one attached hydrogen (secondary N) is 3. The zero-order valence-electron chi connectivity index (χ0n) is 14.6. The number of fused-ring (bicyclic) bond motifs is 2. The number of carbonyl (C=O) groups is 2. The van der Waals surface area contributed by atoms with Gasteiger partial charge in [0.15, 0.2) is 0 Å². The van der Waals surface area contributed by atoms with Crippen molar-refractivity contribution in [3.05, 3.63) is 65.0 Å². The van der Waals surface area contributed by atoms with Gasteiger partial charge in [-0.1, -0.05) is 6.07 Å². The molecule has 0 saturated heterocycles. The van der Waals surface area contributed by atoms with E-state index in [2.05, 4.69) is 20.6 Å². The summed E-state index contributed by atoms with van der Waals surface area (Å²) in [4.78, 5) is 31.8. The van der Waals surface area contributed by atoms with Crippen LogP contribution in [-0.2, 0) is 12.8 Å². The SMILES string of the molecule is O=C1NCCc2cc(-c3cc(-c4cc5c([nH]4)CCNC5=O)ccn3)ccc21. The number of aromatic amines is 1. The molecule has 3 aromatic rings. The molecule has 0 aliphatic carbocycles. The second-order valence-electron chi connectivity index (χ2n) is 6.89. The Kier molecular flexibility index (Phi) is 3.57. The largest absolute Gasteiger partial charge is 0.358 e. The Morgan fingerprint density at radius 3 is 2.48 bits per heavy atom. The molecule has 0 spiro atoms. The minimum Gasteiger partial charge on any atom is -0.358 e. The zero-order valence-corrected chi connectivity index (χ0v) is 14.6. The summed E-state index contributed by atoms with van der Waals surface area (Å²) < 4.78 is 0. The van der Waals surface area contributed by atoms with Crippen LogP contribution in [0.4, 0.5) is 0 Å². The fourth-order valence-corrected chi connectivity index (χ4v) is 3.79. The average Bonchev–Trinajstić information content (AvgIpc) is 3.14. The number of nitrogens with zero attached hydrogens (tertiary/aromatic N) is 1. The predicted molar refractivity (Wildman–Crippen MR) is 102 cm³/mol. The summed E-state index contributed by atoms with van der Waals surface area (Å²) in [6, 6.07) is 11.7. The van der Waals surface area contributed by atoms with Gasteiger partial charge in [0, 0.05) is 53.8 Å². The first-order chi connectivity index (χ1) is 13.2. The number of amides is 2. The van der Waals surface area contributed by atoms with Gasteiger partial charge in [-0.2, -0.15) is 0 Å². The van der Waals surface area contributed by atoms with Crippen molar-refractivity contribution < 1.29 is 9.59 Å².